The third-order valence-electron chi connectivity index (χ3n) is 6.65. The number of nitrogens with zero attached hydrogens (tertiary/aromatic N) is 1. The van der Waals surface area contributed by atoms with E-state index in [2.05, 4.69) is 24.1 Å². The zero-order valence-corrected chi connectivity index (χ0v) is 13.9. The van der Waals surface area contributed by atoms with Crippen molar-refractivity contribution in [3.8, 4) is 11.5 Å². The van der Waals surface area contributed by atoms with Crippen LogP contribution in [0.25, 0.3) is 0 Å². The molecule has 0 radical (unpaired) electrons. The van der Waals surface area contributed by atoms with Crippen molar-refractivity contribution < 1.29 is 14.6 Å². The molecule has 0 saturated carbocycles. The van der Waals surface area contributed by atoms with Crippen molar-refractivity contribution in [2.24, 2.45) is 5.92 Å². The number of hydrogen-bond donors (Lipinski definition) is 1. The number of likely N-dealkylation sites (tertiary alicyclic amines) is 1. The molecule has 5 atom stereocenters. The van der Waals surface area contributed by atoms with Gasteiger partial charge in [-0.05, 0) is 45.0 Å². The van der Waals surface area contributed by atoms with E-state index in [1.807, 2.05) is 19.1 Å². The van der Waals surface area contributed by atoms with Crippen LogP contribution in [0.4, 0.5) is 0 Å². The summed E-state index contributed by atoms with van der Waals surface area (Å²) in [6, 6.07) is 4.69. The van der Waals surface area contributed by atoms with Gasteiger partial charge in [-0.2, -0.15) is 0 Å². The molecule has 1 spiro atoms. The average Bonchev–Trinajstić information content (AvgIpc) is 2.88. The van der Waals surface area contributed by atoms with E-state index in [0.29, 0.717) is 12.0 Å². The number of hydrogen-bond acceptors (Lipinski definition) is 4. The summed E-state index contributed by atoms with van der Waals surface area (Å²) in [5, 5.41) is 11.0. The highest BCUT2D eigenvalue weighted by Crippen LogP contribution is 2.63. The molecule has 4 heteroatoms. The van der Waals surface area contributed by atoms with Gasteiger partial charge in [0.15, 0.2) is 11.5 Å². The second kappa shape index (κ2) is 4.11. The standard InChI is InChI=1S/C19H23NO3/c1-18(21)7-6-12-13-10-11-4-5-14(22-3)16-15(11)19(12,17(18)23-16)8-9-20(13)2/h4-7,12-13,17,21H,8-10H2,1-3H3/t12-,13+,17-,18-,19-/m0/s1. The lowest BCUT2D eigenvalue weighted by atomic mass is 9.51. The van der Waals surface area contributed by atoms with Gasteiger partial charge < -0.3 is 19.5 Å². The van der Waals surface area contributed by atoms with Crippen LogP contribution in [-0.2, 0) is 11.8 Å². The Kier molecular flexibility index (Phi) is 2.48. The van der Waals surface area contributed by atoms with E-state index in [-0.39, 0.29) is 11.5 Å². The monoisotopic (exact) mass is 313 g/mol. The Balaban J connectivity index is 1.84. The number of methoxy groups -OCH3 is 1. The summed E-state index contributed by atoms with van der Waals surface area (Å²) in [6.07, 6.45) is 6.03. The Morgan fingerprint density at radius 3 is 3.00 bits per heavy atom. The van der Waals surface area contributed by atoms with Crippen LogP contribution in [0.2, 0.25) is 0 Å². The molecule has 1 aromatic carbocycles. The smallest absolute Gasteiger partial charge is 0.165 e. The normalized spacial score (nSPS) is 43.0. The molecule has 2 aliphatic carbocycles. The molecule has 1 saturated heterocycles. The van der Waals surface area contributed by atoms with Crippen LogP contribution in [0.3, 0.4) is 0 Å². The van der Waals surface area contributed by atoms with Gasteiger partial charge in [0.2, 0.25) is 0 Å². The van der Waals surface area contributed by atoms with Crippen LogP contribution in [0.1, 0.15) is 24.5 Å². The topological polar surface area (TPSA) is 41.9 Å². The van der Waals surface area contributed by atoms with Crippen LogP contribution in [0, 0.1) is 5.92 Å². The minimum atomic E-state index is -0.949. The van der Waals surface area contributed by atoms with E-state index in [0.717, 1.165) is 30.9 Å². The molecule has 2 aliphatic heterocycles. The SMILES string of the molecule is COc1ccc2c3c1O[C@@H]1[C@]34CCN(C)[C@H](C2)[C@@H]4C=C[C@]1(C)O. The molecule has 1 aromatic rings. The maximum Gasteiger partial charge on any atom is 0.165 e. The van der Waals surface area contributed by atoms with Gasteiger partial charge in [-0.1, -0.05) is 18.2 Å². The molecule has 23 heavy (non-hydrogen) atoms. The Morgan fingerprint density at radius 2 is 2.22 bits per heavy atom. The van der Waals surface area contributed by atoms with E-state index >= 15 is 0 Å². The van der Waals surface area contributed by atoms with Crippen molar-refractivity contribution in [1.29, 1.82) is 0 Å². The molecule has 4 nitrogen and oxygen atoms in total. The largest absolute Gasteiger partial charge is 0.493 e. The third kappa shape index (κ3) is 1.45. The van der Waals surface area contributed by atoms with E-state index in [9.17, 15) is 5.11 Å². The van der Waals surface area contributed by atoms with E-state index in [4.69, 9.17) is 9.47 Å². The predicted octanol–water partition coefficient (Wildman–Crippen LogP) is 1.89. The van der Waals surface area contributed by atoms with Crippen molar-refractivity contribution in [1.82, 2.24) is 4.90 Å². The fraction of sp³-hybridized carbons (Fsp3) is 0.579. The highest BCUT2D eigenvalue weighted by atomic mass is 16.5. The summed E-state index contributed by atoms with van der Waals surface area (Å²) in [4.78, 5) is 2.47. The Labute approximate surface area is 136 Å². The van der Waals surface area contributed by atoms with Crippen molar-refractivity contribution in [2.45, 2.75) is 42.9 Å². The minimum absolute atomic E-state index is 0.118. The lowest BCUT2D eigenvalue weighted by molar-refractivity contribution is -0.0891. The van der Waals surface area contributed by atoms with Gasteiger partial charge in [0.1, 0.15) is 11.7 Å². The fourth-order valence-electron chi connectivity index (χ4n) is 5.66. The number of piperidine rings is 1. The van der Waals surface area contributed by atoms with Crippen LogP contribution >= 0.6 is 0 Å². The second-order valence-electron chi connectivity index (χ2n) is 7.78. The van der Waals surface area contributed by atoms with Crippen molar-refractivity contribution >= 4 is 0 Å². The Morgan fingerprint density at radius 1 is 1.39 bits per heavy atom. The van der Waals surface area contributed by atoms with Gasteiger partial charge >= 0.3 is 0 Å². The number of aliphatic hydroxyl groups is 1. The summed E-state index contributed by atoms with van der Waals surface area (Å²) >= 11 is 0. The molecule has 0 aromatic heterocycles. The summed E-state index contributed by atoms with van der Waals surface area (Å²) in [5.74, 6) is 2.05. The average molecular weight is 313 g/mol. The van der Waals surface area contributed by atoms with Crippen LogP contribution in [0.15, 0.2) is 24.3 Å². The molecule has 5 rings (SSSR count). The highest BCUT2D eigenvalue weighted by Gasteiger charge is 2.66. The van der Waals surface area contributed by atoms with Gasteiger partial charge in [-0.25, -0.2) is 0 Å². The van der Waals surface area contributed by atoms with Crippen LogP contribution < -0.4 is 9.47 Å². The highest BCUT2D eigenvalue weighted by molar-refractivity contribution is 5.62. The number of ether oxygens (including phenoxy) is 2. The maximum absolute atomic E-state index is 11.0. The molecule has 1 N–H and O–H groups in total. The van der Waals surface area contributed by atoms with Gasteiger partial charge in [-0.3, -0.25) is 0 Å². The minimum Gasteiger partial charge on any atom is -0.493 e. The quantitative estimate of drug-likeness (QED) is 0.804. The van der Waals surface area contributed by atoms with Crippen molar-refractivity contribution in [2.75, 3.05) is 20.7 Å². The van der Waals surface area contributed by atoms with Crippen LogP contribution in [-0.4, -0.2) is 48.5 Å². The lowest BCUT2D eigenvalue weighted by Crippen LogP contribution is -2.67. The zero-order chi connectivity index (χ0) is 16.0. The summed E-state index contributed by atoms with van der Waals surface area (Å²) < 4.78 is 12.0. The first-order chi connectivity index (χ1) is 11.0. The molecular formula is C19H23NO3. The second-order valence-corrected chi connectivity index (χ2v) is 7.78. The molecular weight excluding hydrogens is 290 g/mol. The third-order valence-corrected chi connectivity index (χ3v) is 6.65. The maximum atomic E-state index is 11.0. The summed E-state index contributed by atoms with van der Waals surface area (Å²) in [6.45, 7) is 2.92. The van der Waals surface area contributed by atoms with Crippen molar-refractivity contribution in [3.05, 3.63) is 35.4 Å². The Hall–Kier alpha value is -1.52. The molecule has 122 valence electrons. The first kappa shape index (κ1) is 13.9. The molecule has 2 heterocycles. The molecule has 0 unspecified atom stereocenters. The van der Waals surface area contributed by atoms with Gasteiger partial charge in [0.25, 0.3) is 0 Å². The predicted molar refractivity (Wildman–Crippen MR) is 87.1 cm³/mol. The number of rotatable bonds is 1. The van der Waals surface area contributed by atoms with Crippen molar-refractivity contribution in [3.63, 3.8) is 0 Å². The lowest BCUT2D eigenvalue weighted by Gasteiger charge is -2.58. The van der Waals surface area contributed by atoms with Gasteiger partial charge in [0.05, 0.1) is 7.11 Å². The van der Waals surface area contributed by atoms with E-state index in [1.54, 1.807) is 7.11 Å². The zero-order valence-electron chi connectivity index (χ0n) is 13.9. The first-order valence-electron chi connectivity index (χ1n) is 8.48. The van der Waals surface area contributed by atoms with E-state index < -0.39 is 5.60 Å². The summed E-state index contributed by atoms with van der Waals surface area (Å²) in [7, 11) is 3.91. The number of likely N-dealkylation sites (N-methyl/N-ethyl adjacent to an activating group) is 1. The molecule has 1 fully saturated rings. The summed E-state index contributed by atoms with van der Waals surface area (Å²) in [5.41, 5.74) is 1.60. The number of benzene rings is 1. The van der Waals surface area contributed by atoms with Crippen LogP contribution in [0.5, 0.6) is 11.5 Å². The first-order valence-corrected chi connectivity index (χ1v) is 8.48. The Bertz CT molecular complexity index is 726. The molecule has 2 bridgehead atoms. The van der Waals surface area contributed by atoms with Gasteiger partial charge in [0, 0.05) is 22.9 Å². The van der Waals surface area contributed by atoms with Gasteiger partial charge in [-0.15, -0.1) is 0 Å². The molecule has 4 aliphatic rings. The fourth-order valence-corrected chi connectivity index (χ4v) is 5.66. The van der Waals surface area contributed by atoms with E-state index in [1.165, 1.54) is 11.1 Å². The molecule has 0 amide bonds.